The number of nitrogens with one attached hydrogen (secondary N) is 1. The van der Waals surface area contributed by atoms with E-state index in [-0.39, 0.29) is 29.2 Å². The Labute approximate surface area is 201 Å². The number of piperidine rings is 1. The maximum absolute atomic E-state index is 13.4. The lowest BCUT2D eigenvalue weighted by atomic mass is 9.98. The number of H-pyrrole nitrogens is 1. The molecule has 2 fully saturated rings. The van der Waals surface area contributed by atoms with Gasteiger partial charge in [-0.05, 0) is 49.8 Å². The molecule has 0 bridgehead atoms. The van der Waals surface area contributed by atoms with Crippen LogP contribution in [0, 0.1) is 5.92 Å². The zero-order valence-electron chi connectivity index (χ0n) is 19.4. The number of aromatic amines is 1. The number of sulfonamides is 1. The third-order valence-electron chi connectivity index (χ3n) is 7.30. The molecule has 4 heterocycles. The molecular formula is C25H32N4O4S. The fraction of sp³-hybridized carbons (Fsp3) is 0.520. The smallest absolute Gasteiger partial charge is 0.270 e. The number of carbonyl (C=O) groups excluding carboxylic acids is 2. The summed E-state index contributed by atoms with van der Waals surface area (Å²) in [6.45, 7) is 2.59. The quantitative estimate of drug-likeness (QED) is 0.722. The number of benzene rings is 1. The Morgan fingerprint density at radius 3 is 2.50 bits per heavy atom. The highest BCUT2D eigenvalue weighted by Crippen LogP contribution is 2.32. The first-order chi connectivity index (χ1) is 16.4. The van der Waals surface area contributed by atoms with E-state index in [0.717, 1.165) is 43.4 Å². The number of aromatic nitrogens is 1. The van der Waals surface area contributed by atoms with Gasteiger partial charge in [-0.2, -0.15) is 4.31 Å². The van der Waals surface area contributed by atoms with Gasteiger partial charge in [0.2, 0.25) is 15.9 Å². The van der Waals surface area contributed by atoms with Gasteiger partial charge in [0.1, 0.15) is 10.6 Å². The summed E-state index contributed by atoms with van der Waals surface area (Å²) < 4.78 is 28.2. The lowest BCUT2D eigenvalue weighted by Gasteiger charge is -2.33. The lowest BCUT2D eigenvalue weighted by molar-refractivity contribution is -0.123. The number of fused-ring (bicyclic) bond motifs is 1. The van der Waals surface area contributed by atoms with Crippen molar-refractivity contribution < 1.29 is 18.0 Å². The fourth-order valence-electron chi connectivity index (χ4n) is 5.39. The van der Waals surface area contributed by atoms with Gasteiger partial charge in [0.15, 0.2) is 0 Å². The molecule has 3 aliphatic heterocycles. The second-order valence-electron chi connectivity index (χ2n) is 9.53. The summed E-state index contributed by atoms with van der Waals surface area (Å²) in [5.41, 5.74) is 2.40. The van der Waals surface area contributed by atoms with Gasteiger partial charge >= 0.3 is 0 Å². The Morgan fingerprint density at radius 1 is 0.941 bits per heavy atom. The molecule has 9 heteroatoms. The average molecular weight is 485 g/mol. The van der Waals surface area contributed by atoms with E-state index < -0.39 is 10.0 Å². The van der Waals surface area contributed by atoms with Crippen LogP contribution in [-0.2, 0) is 21.2 Å². The first kappa shape index (κ1) is 23.1. The topological polar surface area (TPSA) is 93.8 Å². The number of amides is 2. The molecule has 1 aromatic heterocycles. The molecule has 2 saturated heterocycles. The Morgan fingerprint density at radius 2 is 1.71 bits per heavy atom. The molecule has 182 valence electrons. The van der Waals surface area contributed by atoms with Gasteiger partial charge in [0, 0.05) is 44.6 Å². The second kappa shape index (κ2) is 9.54. The lowest BCUT2D eigenvalue weighted by Crippen LogP contribution is -2.46. The van der Waals surface area contributed by atoms with Crippen molar-refractivity contribution in [1.29, 1.82) is 0 Å². The van der Waals surface area contributed by atoms with Gasteiger partial charge in [-0.3, -0.25) is 9.59 Å². The maximum Gasteiger partial charge on any atom is 0.270 e. The monoisotopic (exact) mass is 484 g/mol. The normalized spacial score (nSPS) is 21.8. The van der Waals surface area contributed by atoms with Gasteiger partial charge in [-0.1, -0.05) is 31.0 Å². The molecule has 0 saturated carbocycles. The van der Waals surface area contributed by atoms with Crippen LogP contribution in [0.3, 0.4) is 0 Å². The highest BCUT2D eigenvalue weighted by Gasteiger charge is 2.37. The van der Waals surface area contributed by atoms with E-state index in [2.05, 4.69) is 4.98 Å². The highest BCUT2D eigenvalue weighted by atomic mass is 32.2. The van der Waals surface area contributed by atoms with Crippen molar-refractivity contribution in [2.75, 3.05) is 37.6 Å². The Hall–Kier alpha value is -2.65. The van der Waals surface area contributed by atoms with Crippen LogP contribution in [0.1, 0.15) is 54.6 Å². The number of rotatable bonds is 4. The molecular weight excluding hydrogens is 452 g/mol. The van der Waals surface area contributed by atoms with Crippen molar-refractivity contribution in [3.05, 3.63) is 47.8 Å². The molecule has 34 heavy (non-hydrogen) atoms. The molecule has 0 radical (unpaired) electrons. The van der Waals surface area contributed by atoms with Crippen LogP contribution in [0.4, 0.5) is 5.69 Å². The summed E-state index contributed by atoms with van der Waals surface area (Å²) in [4.78, 5) is 32.8. The van der Waals surface area contributed by atoms with Crippen LogP contribution in [-0.4, -0.2) is 67.1 Å². The number of hydrogen-bond acceptors (Lipinski definition) is 4. The second-order valence-corrected chi connectivity index (χ2v) is 11.5. The summed E-state index contributed by atoms with van der Waals surface area (Å²) in [6, 6.07) is 9.35. The number of likely N-dealkylation sites (tertiary alicyclic amines) is 1. The van der Waals surface area contributed by atoms with Crippen LogP contribution in [0.25, 0.3) is 0 Å². The van der Waals surface area contributed by atoms with Gasteiger partial charge in [-0.15, -0.1) is 0 Å². The molecule has 1 N–H and O–H groups in total. The predicted molar refractivity (Wildman–Crippen MR) is 129 cm³/mol. The first-order valence-corrected chi connectivity index (χ1v) is 13.8. The van der Waals surface area contributed by atoms with E-state index in [1.165, 1.54) is 16.6 Å². The zero-order valence-corrected chi connectivity index (χ0v) is 20.2. The summed E-state index contributed by atoms with van der Waals surface area (Å²) >= 11 is 0. The molecule has 1 aromatic carbocycles. The predicted octanol–water partition coefficient (Wildman–Crippen LogP) is 3.02. The van der Waals surface area contributed by atoms with Crippen LogP contribution >= 0.6 is 0 Å². The summed E-state index contributed by atoms with van der Waals surface area (Å²) in [6.07, 6.45) is 7.73. The minimum atomic E-state index is -3.80. The minimum absolute atomic E-state index is 0.00375. The van der Waals surface area contributed by atoms with Gasteiger partial charge < -0.3 is 14.8 Å². The molecule has 2 amide bonds. The maximum atomic E-state index is 13.4. The van der Waals surface area contributed by atoms with Crippen molar-refractivity contribution in [3.63, 3.8) is 0 Å². The minimum Gasteiger partial charge on any atom is -0.356 e. The van der Waals surface area contributed by atoms with E-state index in [1.807, 2.05) is 29.2 Å². The third-order valence-corrected chi connectivity index (χ3v) is 9.15. The van der Waals surface area contributed by atoms with Crippen LogP contribution in [0.15, 0.2) is 41.4 Å². The fourth-order valence-corrected chi connectivity index (χ4v) is 6.91. The number of nitrogens with zero attached hydrogens (tertiary/aromatic N) is 3. The standard InChI is InChI=1S/C25H32N4O4S/c30-24(29-15-11-19-8-3-4-10-23(19)29)20-9-7-14-28(18-20)34(32,33)21-16-22(26-17-21)25(31)27-12-5-1-2-6-13-27/h3-4,8,10,16-17,20,26H,1-2,5-7,9,11-15,18H2. The van der Waals surface area contributed by atoms with Gasteiger partial charge in [-0.25, -0.2) is 8.42 Å². The van der Waals surface area contributed by atoms with Crippen molar-refractivity contribution in [2.24, 2.45) is 5.92 Å². The molecule has 0 aliphatic carbocycles. The van der Waals surface area contributed by atoms with Crippen molar-refractivity contribution in [3.8, 4) is 0 Å². The van der Waals surface area contributed by atoms with Gasteiger partial charge in [0.25, 0.3) is 5.91 Å². The SMILES string of the molecule is O=C(c1cc(S(=O)(=O)N2CCCC(C(=O)N3CCc4ccccc43)C2)c[nH]1)N1CCCCCC1. The zero-order chi connectivity index (χ0) is 23.7. The Kier molecular flexibility index (Phi) is 6.48. The molecule has 3 aliphatic rings. The van der Waals surface area contributed by atoms with Crippen LogP contribution < -0.4 is 4.90 Å². The molecule has 8 nitrogen and oxygen atoms in total. The van der Waals surface area contributed by atoms with Crippen LogP contribution in [0.2, 0.25) is 0 Å². The van der Waals surface area contributed by atoms with E-state index in [0.29, 0.717) is 44.7 Å². The Bertz CT molecular complexity index is 1170. The largest absolute Gasteiger partial charge is 0.356 e. The summed E-state index contributed by atoms with van der Waals surface area (Å²) in [7, 11) is -3.80. The van der Waals surface area contributed by atoms with Crippen molar-refractivity contribution >= 4 is 27.5 Å². The average Bonchev–Trinajstić information content (AvgIpc) is 3.44. The summed E-state index contributed by atoms with van der Waals surface area (Å²) in [5.74, 6) is -0.523. The van der Waals surface area contributed by atoms with E-state index in [9.17, 15) is 18.0 Å². The Balaban J connectivity index is 1.29. The first-order valence-electron chi connectivity index (χ1n) is 12.3. The number of carbonyl (C=O) groups is 2. The third kappa shape index (κ3) is 4.38. The van der Waals surface area contributed by atoms with E-state index in [1.54, 1.807) is 4.90 Å². The molecule has 1 unspecified atom stereocenters. The van der Waals surface area contributed by atoms with Crippen LogP contribution in [0.5, 0.6) is 0 Å². The highest BCUT2D eigenvalue weighted by molar-refractivity contribution is 7.89. The van der Waals surface area contributed by atoms with Gasteiger partial charge in [0.05, 0.1) is 5.92 Å². The number of para-hydroxylation sites is 1. The van der Waals surface area contributed by atoms with Crippen molar-refractivity contribution in [1.82, 2.24) is 14.2 Å². The van der Waals surface area contributed by atoms with E-state index >= 15 is 0 Å². The number of anilines is 1. The molecule has 2 aromatic rings. The molecule has 0 spiro atoms. The van der Waals surface area contributed by atoms with Crippen molar-refractivity contribution in [2.45, 2.75) is 49.8 Å². The van der Waals surface area contributed by atoms with E-state index in [4.69, 9.17) is 0 Å². The summed E-state index contributed by atoms with van der Waals surface area (Å²) in [5, 5.41) is 0. The number of hydrogen-bond donors (Lipinski definition) is 1. The molecule has 1 atom stereocenters. The molecule has 5 rings (SSSR count).